The van der Waals surface area contributed by atoms with Gasteiger partial charge in [0.2, 0.25) is 5.91 Å². The number of unbranched alkanes of at least 4 members (excludes halogenated alkanes) is 37. The van der Waals surface area contributed by atoms with Gasteiger partial charge in [-0.25, -0.2) is 4.57 Å². The second-order valence-corrected chi connectivity index (χ2v) is 24.2. The van der Waals surface area contributed by atoms with E-state index in [0.29, 0.717) is 17.4 Å². The number of aliphatic hydroxyl groups excluding tert-OH is 1. The third-order valence-corrected chi connectivity index (χ3v) is 15.2. The minimum Gasteiger partial charge on any atom is -0.387 e. The molecular weight excluding hydrogens is 936 g/mol. The largest absolute Gasteiger partial charge is 0.472 e. The third-order valence-electron chi connectivity index (χ3n) is 14.2. The van der Waals surface area contributed by atoms with Gasteiger partial charge >= 0.3 is 7.82 Å². The first-order valence-corrected chi connectivity index (χ1v) is 33.2. The molecule has 0 aromatic rings. The molecule has 0 saturated carbocycles. The minimum atomic E-state index is -4.35. The van der Waals surface area contributed by atoms with Gasteiger partial charge in [0, 0.05) is 6.42 Å². The summed E-state index contributed by atoms with van der Waals surface area (Å²) < 4.78 is 23.8. The molecule has 3 atom stereocenters. The van der Waals surface area contributed by atoms with Crippen molar-refractivity contribution in [3.8, 4) is 0 Å². The molecule has 0 aliphatic carbocycles. The molecule has 74 heavy (non-hydrogen) atoms. The quantitative estimate of drug-likeness (QED) is 0.0243. The van der Waals surface area contributed by atoms with Crippen LogP contribution in [0.3, 0.4) is 0 Å². The van der Waals surface area contributed by atoms with Gasteiger partial charge in [0.25, 0.3) is 0 Å². The molecule has 434 valence electrons. The summed E-state index contributed by atoms with van der Waals surface area (Å²) in [7, 11) is 1.58. The van der Waals surface area contributed by atoms with Crippen molar-refractivity contribution in [3.05, 3.63) is 60.8 Å². The lowest BCUT2D eigenvalue weighted by molar-refractivity contribution is -0.870. The van der Waals surface area contributed by atoms with Crippen LogP contribution in [-0.4, -0.2) is 73.4 Å². The number of aliphatic hydroxyl groups is 1. The van der Waals surface area contributed by atoms with Gasteiger partial charge in [0.05, 0.1) is 39.9 Å². The summed E-state index contributed by atoms with van der Waals surface area (Å²) in [5.74, 6) is -0.173. The molecule has 0 rings (SSSR count). The van der Waals surface area contributed by atoms with E-state index in [9.17, 15) is 19.4 Å². The summed E-state index contributed by atoms with van der Waals surface area (Å²) in [6.07, 6.45) is 76.3. The first-order valence-electron chi connectivity index (χ1n) is 31.7. The molecule has 0 aromatic heterocycles. The monoisotopic (exact) mass is 1060 g/mol. The Morgan fingerprint density at radius 1 is 0.473 bits per heavy atom. The standard InChI is InChI=1S/C65H123N2O6P/c1-6-8-10-12-14-16-18-20-22-24-26-27-28-29-30-31-32-33-34-35-36-37-38-39-41-43-45-47-49-51-53-55-57-59-65(69)66-63(62-73-74(70,71)72-61-60-67(3,4)5)64(68)58-56-54-52-50-48-46-44-42-40-25-23-21-19-17-15-13-11-9-7-2/h8,10,14,16,20,22,26-27,56,58,63-64,68H,6-7,9,11-13,15,17-19,21,23-25,28-55,57,59-62H2,1-5H3,(H-,66,69,70,71)/p+1/b10-8-,16-14-,22-20-,27-26-,58-56+. The van der Waals surface area contributed by atoms with E-state index in [4.69, 9.17) is 9.05 Å². The van der Waals surface area contributed by atoms with E-state index in [2.05, 4.69) is 67.8 Å². The van der Waals surface area contributed by atoms with E-state index in [-0.39, 0.29) is 19.1 Å². The number of likely N-dealkylation sites (N-methyl/N-ethyl adjacent to an activating group) is 1. The van der Waals surface area contributed by atoms with Crippen molar-refractivity contribution in [1.29, 1.82) is 0 Å². The van der Waals surface area contributed by atoms with Gasteiger partial charge in [0.15, 0.2) is 0 Å². The fraction of sp³-hybridized carbons (Fsp3) is 0.831. The molecule has 3 unspecified atom stereocenters. The van der Waals surface area contributed by atoms with E-state index >= 15 is 0 Å². The maximum absolute atomic E-state index is 13.0. The number of phosphoric acid groups is 1. The smallest absolute Gasteiger partial charge is 0.387 e. The highest BCUT2D eigenvalue weighted by molar-refractivity contribution is 7.47. The normalized spacial score (nSPS) is 14.2. The summed E-state index contributed by atoms with van der Waals surface area (Å²) in [5, 5.41) is 14.0. The molecule has 0 bridgehead atoms. The molecule has 1 amide bonds. The van der Waals surface area contributed by atoms with Gasteiger partial charge in [-0.3, -0.25) is 13.8 Å². The zero-order chi connectivity index (χ0) is 54.2. The summed E-state index contributed by atoms with van der Waals surface area (Å²) in [4.78, 5) is 23.4. The first kappa shape index (κ1) is 72.2. The van der Waals surface area contributed by atoms with Crippen LogP contribution in [0, 0.1) is 0 Å². The van der Waals surface area contributed by atoms with Gasteiger partial charge in [-0.2, -0.15) is 0 Å². The van der Waals surface area contributed by atoms with Crippen molar-refractivity contribution < 1.29 is 32.9 Å². The zero-order valence-corrected chi connectivity index (χ0v) is 50.5. The second kappa shape index (κ2) is 55.9. The Morgan fingerprint density at radius 3 is 1.19 bits per heavy atom. The molecule has 0 aliphatic rings. The number of allylic oxidation sites excluding steroid dienone is 9. The molecule has 0 fully saturated rings. The van der Waals surface area contributed by atoms with Gasteiger partial charge in [-0.05, 0) is 57.8 Å². The number of carbonyl (C=O) groups excluding carboxylic acids is 1. The maximum atomic E-state index is 13.0. The Morgan fingerprint density at radius 2 is 0.811 bits per heavy atom. The van der Waals surface area contributed by atoms with Crippen molar-refractivity contribution in [2.75, 3.05) is 40.9 Å². The molecule has 0 saturated heterocycles. The van der Waals surface area contributed by atoms with Crippen LogP contribution in [0.4, 0.5) is 0 Å². The Bertz CT molecular complexity index is 1390. The number of rotatable bonds is 58. The minimum absolute atomic E-state index is 0.0622. The van der Waals surface area contributed by atoms with Crippen molar-refractivity contribution >= 4 is 13.7 Å². The number of amides is 1. The molecule has 0 aliphatic heterocycles. The van der Waals surface area contributed by atoms with E-state index < -0.39 is 20.0 Å². The molecule has 0 heterocycles. The number of hydrogen-bond donors (Lipinski definition) is 3. The van der Waals surface area contributed by atoms with Gasteiger partial charge in [-0.15, -0.1) is 0 Å². The summed E-state index contributed by atoms with van der Waals surface area (Å²) in [6, 6.07) is -0.847. The Hall–Kier alpha value is -1.80. The molecule has 0 aromatic carbocycles. The molecule has 0 radical (unpaired) electrons. The number of nitrogens with one attached hydrogen (secondary N) is 1. The number of carbonyl (C=O) groups is 1. The molecule has 9 heteroatoms. The van der Waals surface area contributed by atoms with Crippen LogP contribution in [0.1, 0.15) is 296 Å². The lowest BCUT2D eigenvalue weighted by atomic mass is 10.0. The van der Waals surface area contributed by atoms with Crippen molar-refractivity contribution in [2.45, 2.75) is 309 Å². The zero-order valence-electron chi connectivity index (χ0n) is 49.6. The highest BCUT2D eigenvalue weighted by atomic mass is 31.2. The Kier molecular flexibility index (Phi) is 54.6. The molecular formula is C65H124N2O6P+. The average molecular weight is 1060 g/mol. The summed E-state index contributed by atoms with van der Waals surface area (Å²) in [5.41, 5.74) is 0. The lowest BCUT2D eigenvalue weighted by Gasteiger charge is -2.25. The molecule has 3 N–H and O–H groups in total. The van der Waals surface area contributed by atoms with Crippen LogP contribution in [-0.2, 0) is 18.4 Å². The van der Waals surface area contributed by atoms with Crippen LogP contribution in [0.25, 0.3) is 0 Å². The fourth-order valence-electron chi connectivity index (χ4n) is 9.33. The maximum Gasteiger partial charge on any atom is 0.472 e. The average Bonchev–Trinajstić information content (AvgIpc) is 3.36. The summed E-state index contributed by atoms with van der Waals surface area (Å²) >= 11 is 0. The van der Waals surface area contributed by atoms with Gasteiger partial charge in [-0.1, -0.05) is 293 Å². The predicted molar refractivity (Wildman–Crippen MR) is 323 cm³/mol. The lowest BCUT2D eigenvalue weighted by Crippen LogP contribution is -2.45. The Labute approximate surface area is 460 Å². The van der Waals surface area contributed by atoms with Crippen LogP contribution in [0.2, 0.25) is 0 Å². The topological polar surface area (TPSA) is 105 Å². The van der Waals surface area contributed by atoms with Crippen LogP contribution < -0.4 is 5.32 Å². The fourth-order valence-corrected chi connectivity index (χ4v) is 10.1. The van der Waals surface area contributed by atoms with E-state index in [0.717, 1.165) is 64.2 Å². The SMILES string of the molecule is CC/C=C\C/C=C\C/C=C\C/C=C\CCCCCCCCCCCCCCCCCCCCCCC(=O)NC(COP(=O)(O)OCC[N+](C)(C)C)C(O)/C=C/CCCCCCCCCCCCCCCCCCC. The first-order chi connectivity index (χ1) is 36.0. The number of quaternary nitrogens is 1. The van der Waals surface area contributed by atoms with E-state index in [1.54, 1.807) is 6.08 Å². The molecule has 0 spiro atoms. The predicted octanol–water partition coefficient (Wildman–Crippen LogP) is 19.7. The highest BCUT2D eigenvalue weighted by Gasteiger charge is 2.27. The van der Waals surface area contributed by atoms with Crippen molar-refractivity contribution in [2.24, 2.45) is 0 Å². The highest BCUT2D eigenvalue weighted by Crippen LogP contribution is 2.43. The van der Waals surface area contributed by atoms with Crippen molar-refractivity contribution in [3.63, 3.8) is 0 Å². The number of hydrogen-bond acceptors (Lipinski definition) is 5. The van der Waals surface area contributed by atoms with Crippen molar-refractivity contribution in [1.82, 2.24) is 5.32 Å². The van der Waals surface area contributed by atoms with Gasteiger partial charge in [0.1, 0.15) is 13.2 Å². The van der Waals surface area contributed by atoms with Crippen LogP contribution in [0.5, 0.6) is 0 Å². The summed E-state index contributed by atoms with van der Waals surface area (Å²) in [6.45, 7) is 4.74. The van der Waals surface area contributed by atoms with E-state index in [1.807, 2.05) is 27.2 Å². The second-order valence-electron chi connectivity index (χ2n) is 22.8. The Balaban J connectivity index is 4.05. The van der Waals surface area contributed by atoms with Crippen LogP contribution in [0.15, 0.2) is 60.8 Å². The van der Waals surface area contributed by atoms with E-state index in [1.165, 1.54) is 212 Å². The number of nitrogens with zero attached hydrogens (tertiary/aromatic N) is 1. The van der Waals surface area contributed by atoms with Crippen LogP contribution >= 0.6 is 7.82 Å². The van der Waals surface area contributed by atoms with Gasteiger partial charge < -0.3 is 19.8 Å². The number of phosphoric ester groups is 1. The third kappa shape index (κ3) is 57.9. The molecule has 8 nitrogen and oxygen atoms in total.